The lowest BCUT2D eigenvalue weighted by Gasteiger charge is -2.09. The van der Waals surface area contributed by atoms with Crippen LogP contribution >= 0.6 is 11.6 Å². The molecule has 2 N–H and O–H groups in total. The molecule has 0 fully saturated rings. The molecule has 0 aliphatic heterocycles. The van der Waals surface area contributed by atoms with E-state index in [2.05, 4.69) is 14.7 Å². The van der Waals surface area contributed by atoms with Gasteiger partial charge in [-0.25, -0.2) is 18.4 Å². The van der Waals surface area contributed by atoms with Crippen LogP contribution in [0.15, 0.2) is 41.6 Å². The minimum Gasteiger partial charge on any atom is -0.396 e. The van der Waals surface area contributed by atoms with E-state index in [1.54, 1.807) is 18.2 Å². The Bertz CT molecular complexity index is 705. The predicted octanol–water partition coefficient (Wildman–Crippen LogP) is 1.86. The molecule has 6 nitrogen and oxygen atoms in total. The van der Waals surface area contributed by atoms with Crippen molar-refractivity contribution in [1.29, 1.82) is 0 Å². The molecule has 1 aromatic carbocycles. The largest absolute Gasteiger partial charge is 0.396 e. The zero-order valence-corrected chi connectivity index (χ0v) is 12.6. The molecule has 2 rings (SSSR count). The van der Waals surface area contributed by atoms with Crippen molar-refractivity contribution in [3.8, 4) is 0 Å². The molecule has 0 bridgehead atoms. The van der Waals surface area contributed by atoms with Crippen LogP contribution in [0.4, 0.5) is 5.69 Å². The summed E-state index contributed by atoms with van der Waals surface area (Å²) in [5.74, 6) is 0. The summed E-state index contributed by atoms with van der Waals surface area (Å²) in [6.45, 7) is 0.0953. The standard InChI is InChI=1S/C13H14ClN3O3S/c14-13-15-8-12(9-16-13)21(19,20)17-11-5-1-3-10(7-11)4-2-6-18/h1,3,5,7-9,17-18H,2,4,6H2. The van der Waals surface area contributed by atoms with E-state index >= 15 is 0 Å². The fourth-order valence-electron chi connectivity index (χ4n) is 1.73. The highest BCUT2D eigenvalue weighted by molar-refractivity contribution is 7.92. The number of halogens is 1. The molecule has 1 heterocycles. The number of hydrogen-bond acceptors (Lipinski definition) is 5. The van der Waals surface area contributed by atoms with Gasteiger partial charge in [0.1, 0.15) is 4.90 Å². The number of aryl methyl sites for hydroxylation is 1. The molecule has 0 atom stereocenters. The molecule has 0 saturated carbocycles. The third-order valence-corrected chi connectivity index (χ3v) is 4.24. The number of aliphatic hydroxyl groups is 1. The van der Waals surface area contributed by atoms with E-state index in [9.17, 15) is 8.42 Å². The van der Waals surface area contributed by atoms with Crippen molar-refractivity contribution in [3.63, 3.8) is 0 Å². The maximum Gasteiger partial charge on any atom is 0.264 e. The summed E-state index contributed by atoms with van der Waals surface area (Å²) >= 11 is 5.53. The highest BCUT2D eigenvalue weighted by Crippen LogP contribution is 2.17. The summed E-state index contributed by atoms with van der Waals surface area (Å²) in [6.07, 6.45) is 3.60. The van der Waals surface area contributed by atoms with Crippen LogP contribution in [0.5, 0.6) is 0 Å². The number of benzene rings is 1. The van der Waals surface area contributed by atoms with Gasteiger partial charge < -0.3 is 5.11 Å². The third kappa shape index (κ3) is 4.38. The SMILES string of the molecule is O=S(=O)(Nc1cccc(CCCO)c1)c1cnc(Cl)nc1. The van der Waals surface area contributed by atoms with Gasteiger partial charge in [-0.05, 0) is 42.1 Å². The Morgan fingerprint density at radius 1 is 1.24 bits per heavy atom. The molecule has 0 saturated heterocycles. The minimum absolute atomic E-state index is 0.0139. The van der Waals surface area contributed by atoms with E-state index in [4.69, 9.17) is 16.7 Å². The van der Waals surface area contributed by atoms with Crippen molar-refractivity contribution >= 4 is 27.3 Å². The van der Waals surface area contributed by atoms with E-state index < -0.39 is 10.0 Å². The minimum atomic E-state index is -3.75. The van der Waals surface area contributed by atoms with Gasteiger partial charge in [0.2, 0.25) is 5.28 Å². The summed E-state index contributed by atoms with van der Waals surface area (Å²) in [7, 11) is -3.75. The molecule has 0 unspecified atom stereocenters. The van der Waals surface area contributed by atoms with Gasteiger partial charge in [0.05, 0.1) is 12.4 Å². The van der Waals surface area contributed by atoms with Crippen molar-refractivity contribution in [3.05, 3.63) is 47.5 Å². The second-order valence-electron chi connectivity index (χ2n) is 4.32. The molecular formula is C13H14ClN3O3S. The number of aliphatic hydroxyl groups excluding tert-OH is 1. The Morgan fingerprint density at radius 3 is 2.62 bits per heavy atom. The van der Waals surface area contributed by atoms with Gasteiger partial charge >= 0.3 is 0 Å². The summed E-state index contributed by atoms with van der Waals surface area (Å²) in [6, 6.07) is 7.00. The molecule has 21 heavy (non-hydrogen) atoms. The van der Waals surface area contributed by atoms with Crippen molar-refractivity contribution in [2.45, 2.75) is 17.7 Å². The lowest BCUT2D eigenvalue weighted by molar-refractivity contribution is 0.288. The first-order valence-electron chi connectivity index (χ1n) is 6.21. The second kappa shape index (κ2) is 6.84. The van der Waals surface area contributed by atoms with Crippen LogP contribution in [-0.4, -0.2) is 30.1 Å². The van der Waals surface area contributed by atoms with E-state index in [-0.39, 0.29) is 16.8 Å². The Balaban J connectivity index is 2.18. The van der Waals surface area contributed by atoms with Crippen LogP contribution in [0.25, 0.3) is 0 Å². The Labute approximate surface area is 127 Å². The normalized spacial score (nSPS) is 11.3. The number of nitrogens with zero attached hydrogens (tertiary/aromatic N) is 2. The van der Waals surface area contributed by atoms with Crippen molar-refractivity contribution in [1.82, 2.24) is 9.97 Å². The third-order valence-electron chi connectivity index (χ3n) is 2.71. The van der Waals surface area contributed by atoms with E-state index in [0.717, 1.165) is 18.0 Å². The smallest absolute Gasteiger partial charge is 0.264 e. The van der Waals surface area contributed by atoms with Gasteiger partial charge in [-0.3, -0.25) is 4.72 Å². The molecule has 112 valence electrons. The second-order valence-corrected chi connectivity index (χ2v) is 6.34. The van der Waals surface area contributed by atoms with Gasteiger partial charge in [0.25, 0.3) is 10.0 Å². The van der Waals surface area contributed by atoms with Crippen molar-refractivity contribution in [2.24, 2.45) is 0 Å². The summed E-state index contributed by atoms with van der Waals surface area (Å²) in [5, 5.41) is 8.80. The monoisotopic (exact) mass is 327 g/mol. The van der Waals surface area contributed by atoms with Gasteiger partial charge in [0.15, 0.2) is 0 Å². The number of rotatable bonds is 6. The fourth-order valence-corrected chi connectivity index (χ4v) is 2.76. The average Bonchev–Trinajstić information content (AvgIpc) is 2.45. The number of aromatic nitrogens is 2. The molecule has 8 heteroatoms. The zero-order valence-electron chi connectivity index (χ0n) is 11.0. The Hall–Kier alpha value is -1.70. The van der Waals surface area contributed by atoms with Crippen LogP contribution in [0.1, 0.15) is 12.0 Å². The summed E-state index contributed by atoms with van der Waals surface area (Å²) in [5.41, 5.74) is 1.39. The molecule has 0 amide bonds. The lowest BCUT2D eigenvalue weighted by Crippen LogP contribution is -2.13. The topological polar surface area (TPSA) is 92.2 Å². The molecule has 0 radical (unpaired) electrons. The Kier molecular flexibility index (Phi) is 5.11. The number of nitrogens with one attached hydrogen (secondary N) is 1. The molecular weight excluding hydrogens is 314 g/mol. The summed E-state index contributed by atoms with van der Waals surface area (Å²) in [4.78, 5) is 7.24. The van der Waals surface area contributed by atoms with Crippen LogP contribution < -0.4 is 4.72 Å². The quantitative estimate of drug-likeness (QED) is 0.790. The van der Waals surface area contributed by atoms with Crippen LogP contribution in [0, 0.1) is 0 Å². The average molecular weight is 328 g/mol. The van der Waals surface area contributed by atoms with Crippen LogP contribution in [0.2, 0.25) is 5.28 Å². The summed E-state index contributed by atoms with van der Waals surface area (Å²) < 4.78 is 26.8. The first-order valence-corrected chi connectivity index (χ1v) is 8.07. The van der Waals surface area contributed by atoms with E-state index in [1.165, 1.54) is 0 Å². The van der Waals surface area contributed by atoms with E-state index in [1.807, 2.05) is 6.07 Å². The maximum atomic E-state index is 12.2. The van der Waals surface area contributed by atoms with Crippen LogP contribution in [0.3, 0.4) is 0 Å². The molecule has 1 aromatic heterocycles. The van der Waals surface area contributed by atoms with Gasteiger partial charge in [-0.15, -0.1) is 0 Å². The fraction of sp³-hybridized carbons (Fsp3) is 0.231. The highest BCUT2D eigenvalue weighted by atomic mass is 35.5. The lowest BCUT2D eigenvalue weighted by atomic mass is 10.1. The Morgan fingerprint density at radius 2 is 1.95 bits per heavy atom. The first-order chi connectivity index (χ1) is 10.0. The first kappa shape index (κ1) is 15.7. The molecule has 2 aromatic rings. The van der Waals surface area contributed by atoms with E-state index in [0.29, 0.717) is 18.5 Å². The molecule has 0 aliphatic rings. The number of anilines is 1. The number of hydrogen-bond donors (Lipinski definition) is 2. The van der Waals surface area contributed by atoms with Gasteiger partial charge in [-0.1, -0.05) is 12.1 Å². The maximum absolute atomic E-state index is 12.2. The van der Waals surface area contributed by atoms with Crippen molar-refractivity contribution in [2.75, 3.05) is 11.3 Å². The van der Waals surface area contributed by atoms with Gasteiger partial charge in [0, 0.05) is 12.3 Å². The zero-order chi connectivity index (χ0) is 15.3. The highest BCUT2D eigenvalue weighted by Gasteiger charge is 2.15. The van der Waals surface area contributed by atoms with Gasteiger partial charge in [-0.2, -0.15) is 0 Å². The number of sulfonamides is 1. The van der Waals surface area contributed by atoms with Crippen molar-refractivity contribution < 1.29 is 13.5 Å². The molecule has 0 spiro atoms. The predicted molar refractivity (Wildman–Crippen MR) is 79.7 cm³/mol. The molecule has 0 aliphatic carbocycles. The van der Waals surface area contributed by atoms with Crippen LogP contribution in [-0.2, 0) is 16.4 Å².